The van der Waals surface area contributed by atoms with Crippen LogP contribution in [0.5, 0.6) is 0 Å². The maximum absolute atomic E-state index is 12.2. The maximum atomic E-state index is 12.2. The Labute approximate surface area is 130 Å². The molecule has 0 saturated carbocycles. The van der Waals surface area contributed by atoms with Crippen molar-refractivity contribution in [3.8, 4) is 0 Å². The van der Waals surface area contributed by atoms with E-state index < -0.39 is 0 Å². The Hall–Kier alpha value is -1.92. The molecule has 1 heterocycles. The molecule has 2 rings (SSSR count). The number of ether oxygens (including phenoxy) is 1. The SMILES string of the molecule is CC(=O)Nc1ccc(NC(=O)CN(C(C)C)C2COC2)cc1. The fourth-order valence-electron chi connectivity index (χ4n) is 2.35. The standard InChI is InChI=1S/C16H23N3O3/c1-11(2)19(15-9-22-10-15)8-16(21)18-14-6-4-13(5-7-14)17-12(3)20/h4-7,11,15H,8-10H2,1-3H3,(H,17,20)(H,18,21). The van der Waals surface area contributed by atoms with E-state index >= 15 is 0 Å². The highest BCUT2D eigenvalue weighted by atomic mass is 16.5. The number of anilines is 2. The van der Waals surface area contributed by atoms with E-state index in [0.29, 0.717) is 43.2 Å². The van der Waals surface area contributed by atoms with E-state index in [-0.39, 0.29) is 11.8 Å². The van der Waals surface area contributed by atoms with E-state index in [9.17, 15) is 9.59 Å². The van der Waals surface area contributed by atoms with Crippen LogP contribution >= 0.6 is 0 Å². The van der Waals surface area contributed by atoms with Crippen LogP contribution < -0.4 is 10.6 Å². The molecule has 1 aliphatic heterocycles. The first-order valence-electron chi connectivity index (χ1n) is 7.46. The van der Waals surface area contributed by atoms with Crippen LogP contribution in [0.2, 0.25) is 0 Å². The normalized spacial score (nSPS) is 14.8. The molecule has 0 unspecified atom stereocenters. The van der Waals surface area contributed by atoms with Gasteiger partial charge < -0.3 is 15.4 Å². The average molecular weight is 305 g/mol. The second kappa shape index (κ2) is 7.38. The van der Waals surface area contributed by atoms with Gasteiger partial charge in [-0.1, -0.05) is 0 Å². The van der Waals surface area contributed by atoms with E-state index in [1.807, 2.05) is 0 Å². The molecule has 0 radical (unpaired) electrons. The molecule has 1 aromatic carbocycles. The summed E-state index contributed by atoms with van der Waals surface area (Å²) in [6.45, 7) is 7.34. The molecule has 1 aromatic rings. The molecule has 1 aliphatic rings. The first-order chi connectivity index (χ1) is 10.5. The molecule has 120 valence electrons. The Kier molecular flexibility index (Phi) is 5.51. The minimum Gasteiger partial charge on any atom is -0.378 e. The molecule has 1 saturated heterocycles. The van der Waals surface area contributed by atoms with Gasteiger partial charge in [0, 0.05) is 24.3 Å². The van der Waals surface area contributed by atoms with Crippen molar-refractivity contribution in [1.82, 2.24) is 4.90 Å². The van der Waals surface area contributed by atoms with Crippen LogP contribution in [0.25, 0.3) is 0 Å². The second-order valence-corrected chi connectivity index (χ2v) is 5.76. The number of carbonyl (C=O) groups is 2. The maximum Gasteiger partial charge on any atom is 0.238 e. The van der Waals surface area contributed by atoms with E-state index in [0.717, 1.165) is 0 Å². The summed E-state index contributed by atoms with van der Waals surface area (Å²) in [6.07, 6.45) is 0. The summed E-state index contributed by atoms with van der Waals surface area (Å²) in [5.41, 5.74) is 1.42. The van der Waals surface area contributed by atoms with Gasteiger partial charge in [0.15, 0.2) is 0 Å². The minimum atomic E-state index is -0.118. The molecule has 22 heavy (non-hydrogen) atoms. The number of benzene rings is 1. The molecule has 1 fully saturated rings. The number of amides is 2. The first-order valence-corrected chi connectivity index (χ1v) is 7.46. The first kappa shape index (κ1) is 16.5. The molecule has 2 N–H and O–H groups in total. The van der Waals surface area contributed by atoms with Crippen molar-refractivity contribution in [2.75, 3.05) is 30.4 Å². The zero-order chi connectivity index (χ0) is 16.1. The fourth-order valence-corrected chi connectivity index (χ4v) is 2.35. The zero-order valence-corrected chi connectivity index (χ0v) is 13.3. The average Bonchev–Trinajstić information content (AvgIpc) is 2.37. The van der Waals surface area contributed by atoms with Gasteiger partial charge in [0.25, 0.3) is 0 Å². The van der Waals surface area contributed by atoms with Gasteiger partial charge in [0.1, 0.15) is 0 Å². The van der Waals surface area contributed by atoms with Crippen LogP contribution in [-0.4, -0.2) is 48.6 Å². The molecule has 0 aliphatic carbocycles. The highest BCUT2D eigenvalue weighted by molar-refractivity contribution is 5.93. The predicted octanol–water partition coefficient (Wildman–Crippen LogP) is 1.69. The largest absolute Gasteiger partial charge is 0.378 e. The Bertz CT molecular complexity index is 524. The van der Waals surface area contributed by atoms with E-state index in [1.165, 1.54) is 6.92 Å². The van der Waals surface area contributed by atoms with Crippen molar-refractivity contribution in [2.24, 2.45) is 0 Å². The van der Waals surface area contributed by atoms with Gasteiger partial charge >= 0.3 is 0 Å². The third-order valence-corrected chi connectivity index (χ3v) is 3.57. The number of hydrogen-bond acceptors (Lipinski definition) is 4. The lowest BCUT2D eigenvalue weighted by atomic mass is 10.1. The Morgan fingerprint density at radius 2 is 1.73 bits per heavy atom. The van der Waals surface area contributed by atoms with Gasteiger partial charge in [-0.15, -0.1) is 0 Å². The van der Waals surface area contributed by atoms with E-state index in [4.69, 9.17) is 4.74 Å². The predicted molar refractivity (Wildman–Crippen MR) is 85.8 cm³/mol. The monoisotopic (exact) mass is 305 g/mol. The molecule has 0 spiro atoms. The number of nitrogens with one attached hydrogen (secondary N) is 2. The highest BCUT2D eigenvalue weighted by Crippen LogP contribution is 2.16. The van der Waals surface area contributed by atoms with E-state index in [2.05, 4.69) is 29.4 Å². The summed E-state index contributed by atoms with van der Waals surface area (Å²) in [6, 6.07) is 7.69. The summed E-state index contributed by atoms with van der Waals surface area (Å²) >= 11 is 0. The molecular weight excluding hydrogens is 282 g/mol. The lowest BCUT2D eigenvalue weighted by Crippen LogP contribution is -2.54. The third-order valence-electron chi connectivity index (χ3n) is 3.57. The van der Waals surface area contributed by atoms with Crippen molar-refractivity contribution >= 4 is 23.2 Å². The lowest BCUT2D eigenvalue weighted by molar-refractivity contribution is -0.123. The summed E-state index contributed by atoms with van der Waals surface area (Å²) in [5, 5.41) is 5.57. The summed E-state index contributed by atoms with van der Waals surface area (Å²) in [4.78, 5) is 25.3. The van der Waals surface area contributed by atoms with Crippen LogP contribution in [0.3, 0.4) is 0 Å². The van der Waals surface area contributed by atoms with Crippen molar-refractivity contribution < 1.29 is 14.3 Å². The van der Waals surface area contributed by atoms with Crippen LogP contribution in [0.1, 0.15) is 20.8 Å². The topological polar surface area (TPSA) is 70.7 Å². The third kappa shape index (κ3) is 4.54. The van der Waals surface area contributed by atoms with Gasteiger partial charge in [-0.2, -0.15) is 0 Å². The summed E-state index contributed by atoms with van der Waals surface area (Å²) < 4.78 is 5.20. The molecular formula is C16H23N3O3. The zero-order valence-electron chi connectivity index (χ0n) is 13.3. The second-order valence-electron chi connectivity index (χ2n) is 5.76. The quantitative estimate of drug-likeness (QED) is 0.839. The Morgan fingerprint density at radius 3 is 2.14 bits per heavy atom. The molecule has 0 atom stereocenters. The number of rotatable bonds is 6. The Morgan fingerprint density at radius 1 is 1.18 bits per heavy atom. The van der Waals surface area contributed by atoms with Crippen molar-refractivity contribution in [1.29, 1.82) is 0 Å². The smallest absolute Gasteiger partial charge is 0.238 e. The van der Waals surface area contributed by atoms with Crippen LogP contribution in [0.15, 0.2) is 24.3 Å². The van der Waals surface area contributed by atoms with E-state index in [1.54, 1.807) is 24.3 Å². The molecule has 6 heteroatoms. The number of carbonyl (C=O) groups excluding carboxylic acids is 2. The van der Waals surface area contributed by atoms with Gasteiger partial charge in [-0.3, -0.25) is 14.5 Å². The van der Waals surface area contributed by atoms with Crippen molar-refractivity contribution in [3.63, 3.8) is 0 Å². The lowest BCUT2D eigenvalue weighted by Gasteiger charge is -2.39. The molecule has 2 amide bonds. The van der Waals surface area contributed by atoms with Gasteiger partial charge in [-0.25, -0.2) is 0 Å². The minimum absolute atomic E-state index is 0.0483. The molecule has 0 aromatic heterocycles. The van der Waals surface area contributed by atoms with Gasteiger partial charge in [0.05, 0.1) is 25.8 Å². The van der Waals surface area contributed by atoms with Crippen LogP contribution in [0.4, 0.5) is 11.4 Å². The van der Waals surface area contributed by atoms with Crippen molar-refractivity contribution in [2.45, 2.75) is 32.9 Å². The summed E-state index contributed by atoms with van der Waals surface area (Å²) in [7, 11) is 0. The van der Waals surface area contributed by atoms with Crippen LogP contribution in [0, 0.1) is 0 Å². The van der Waals surface area contributed by atoms with Crippen LogP contribution in [-0.2, 0) is 14.3 Å². The Balaban J connectivity index is 1.89. The fraction of sp³-hybridized carbons (Fsp3) is 0.500. The highest BCUT2D eigenvalue weighted by Gasteiger charge is 2.29. The number of nitrogens with zero attached hydrogens (tertiary/aromatic N) is 1. The molecule has 6 nitrogen and oxygen atoms in total. The number of hydrogen-bond donors (Lipinski definition) is 2. The van der Waals surface area contributed by atoms with Gasteiger partial charge in [0.2, 0.25) is 11.8 Å². The summed E-state index contributed by atoms with van der Waals surface area (Å²) in [5.74, 6) is -0.167. The van der Waals surface area contributed by atoms with Gasteiger partial charge in [-0.05, 0) is 38.1 Å². The molecule has 0 bridgehead atoms. The van der Waals surface area contributed by atoms with Crippen molar-refractivity contribution in [3.05, 3.63) is 24.3 Å².